The first-order chi connectivity index (χ1) is 4.74. The molecule has 0 aliphatic carbocycles. The van der Waals surface area contributed by atoms with E-state index in [9.17, 15) is 0 Å². The number of hydrogen-bond acceptors (Lipinski definition) is 5. The molecule has 0 spiro atoms. The standard InChI is InChI=1S/C5H11N5/c6-1-3-2-9-5(8)10-4(3)7/h3-5,9-10H,2,7-8H2. The fourth-order valence-electron chi connectivity index (χ4n) is 0.889. The molecule has 56 valence electrons. The van der Waals surface area contributed by atoms with Gasteiger partial charge in [-0.05, 0) is 0 Å². The third kappa shape index (κ3) is 1.43. The summed E-state index contributed by atoms with van der Waals surface area (Å²) in [5, 5.41) is 14.2. The molecule has 1 fully saturated rings. The highest BCUT2D eigenvalue weighted by atomic mass is 15.3. The van der Waals surface area contributed by atoms with Crippen LogP contribution in [0, 0.1) is 17.2 Å². The predicted molar refractivity (Wildman–Crippen MR) is 36.2 cm³/mol. The Bertz CT molecular complexity index is 151. The van der Waals surface area contributed by atoms with Crippen LogP contribution in [0.15, 0.2) is 0 Å². The number of nitrogens with zero attached hydrogens (tertiary/aromatic N) is 1. The summed E-state index contributed by atoms with van der Waals surface area (Å²) in [7, 11) is 0. The van der Waals surface area contributed by atoms with Crippen molar-refractivity contribution in [3.05, 3.63) is 0 Å². The molecule has 5 heteroatoms. The summed E-state index contributed by atoms with van der Waals surface area (Å²) in [5.74, 6) is -0.181. The lowest BCUT2D eigenvalue weighted by molar-refractivity contribution is 0.265. The van der Waals surface area contributed by atoms with E-state index in [0.29, 0.717) is 6.54 Å². The first kappa shape index (κ1) is 7.44. The summed E-state index contributed by atoms with van der Waals surface area (Å²) in [6.45, 7) is 0.561. The van der Waals surface area contributed by atoms with Crippen LogP contribution in [0.2, 0.25) is 0 Å². The van der Waals surface area contributed by atoms with Crippen molar-refractivity contribution in [2.24, 2.45) is 17.4 Å². The highest BCUT2D eigenvalue weighted by molar-refractivity contribution is 4.94. The van der Waals surface area contributed by atoms with Crippen LogP contribution in [0.4, 0.5) is 0 Å². The second kappa shape index (κ2) is 2.94. The molecule has 1 aliphatic heterocycles. The SMILES string of the molecule is N#CC1CNC(N)NC1N. The van der Waals surface area contributed by atoms with Gasteiger partial charge in [0.2, 0.25) is 0 Å². The molecule has 5 nitrogen and oxygen atoms in total. The maximum atomic E-state index is 8.50. The molecule has 0 aromatic heterocycles. The monoisotopic (exact) mass is 141 g/mol. The van der Waals surface area contributed by atoms with Gasteiger partial charge in [-0.2, -0.15) is 5.26 Å². The van der Waals surface area contributed by atoms with E-state index in [0.717, 1.165) is 0 Å². The number of nitrogens with one attached hydrogen (secondary N) is 2. The molecule has 1 saturated heterocycles. The summed E-state index contributed by atoms with van der Waals surface area (Å²) in [5.41, 5.74) is 11.0. The normalized spacial score (nSPS) is 40.7. The van der Waals surface area contributed by atoms with Crippen LogP contribution in [0.1, 0.15) is 0 Å². The summed E-state index contributed by atoms with van der Waals surface area (Å²) >= 11 is 0. The van der Waals surface area contributed by atoms with Gasteiger partial charge in [0.1, 0.15) is 6.29 Å². The Morgan fingerprint density at radius 2 is 2.20 bits per heavy atom. The summed E-state index contributed by atoms with van der Waals surface area (Å²) in [4.78, 5) is 0. The Kier molecular flexibility index (Phi) is 2.19. The molecule has 3 atom stereocenters. The van der Waals surface area contributed by atoms with E-state index >= 15 is 0 Å². The van der Waals surface area contributed by atoms with Gasteiger partial charge in [0, 0.05) is 6.54 Å². The van der Waals surface area contributed by atoms with Gasteiger partial charge in [-0.15, -0.1) is 0 Å². The van der Waals surface area contributed by atoms with Gasteiger partial charge < -0.3 is 11.5 Å². The molecular weight excluding hydrogens is 130 g/mol. The number of rotatable bonds is 0. The maximum absolute atomic E-state index is 8.50. The predicted octanol–water partition coefficient (Wildman–Crippen LogP) is -2.15. The molecule has 0 radical (unpaired) electrons. The molecule has 0 saturated carbocycles. The largest absolute Gasteiger partial charge is 0.315 e. The Labute approximate surface area is 59.4 Å². The van der Waals surface area contributed by atoms with E-state index in [1.54, 1.807) is 0 Å². The zero-order chi connectivity index (χ0) is 7.56. The van der Waals surface area contributed by atoms with Crippen LogP contribution >= 0.6 is 0 Å². The average Bonchev–Trinajstić information content (AvgIpc) is 1.88. The minimum absolute atomic E-state index is 0.181. The number of nitrogens with two attached hydrogens (primary N) is 2. The van der Waals surface area contributed by atoms with Crippen LogP contribution in [-0.4, -0.2) is 19.0 Å². The van der Waals surface area contributed by atoms with Crippen LogP contribution in [0.3, 0.4) is 0 Å². The highest BCUT2D eigenvalue weighted by Gasteiger charge is 2.23. The van der Waals surface area contributed by atoms with Crippen molar-refractivity contribution in [1.82, 2.24) is 10.6 Å². The van der Waals surface area contributed by atoms with Crippen LogP contribution in [0.5, 0.6) is 0 Å². The van der Waals surface area contributed by atoms with Crippen molar-refractivity contribution in [2.75, 3.05) is 6.54 Å². The molecule has 0 aromatic rings. The number of nitriles is 1. The minimum atomic E-state index is -0.304. The van der Waals surface area contributed by atoms with Crippen LogP contribution in [-0.2, 0) is 0 Å². The van der Waals surface area contributed by atoms with Gasteiger partial charge in [0.15, 0.2) is 0 Å². The number of hydrogen-bond donors (Lipinski definition) is 4. The summed E-state index contributed by atoms with van der Waals surface area (Å²) in [6.07, 6.45) is -0.583. The van der Waals surface area contributed by atoms with Gasteiger partial charge in [-0.25, -0.2) is 0 Å². The molecule has 10 heavy (non-hydrogen) atoms. The molecule has 3 unspecified atom stereocenters. The van der Waals surface area contributed by atoms with E-state index in [-0.39, 0.29) is 18.4 Å². The van der Waals surface area contributed by atoms with Gasteiger partial charge >= 0.3 is 0 Å². The molecular formula is C5H11N5. The Hall–Kier alpha value is -0.670. The van der Waals surface area contributed by atoms with E-state index in [1.807, 2.05) is 0 Å². The van der Waals surface area contributed by atoms with Crippen molar-refractivity contribution in [3.8, 4) is 6.07 Å². The summed E-state index contributed by atoms with van der Waals surface area (Å²) in [6, 6.07) is 2.07. The molecule has 1 rings (SSSR count). The van der Waals surface area contributed by atoms with Crippen molar-refractivity contribution in [2.45, 2.75) is 12.5 Å². The molecule has 1 aliphatic rings. The lowest BCUT2D eigenvalue weighted by Crippen LogP contribution is -2.65. The van der Waals surface area contributed by atoms with Crippen molar-refractivity contribution in [3.63, 3.8) is 0 Å². The van der Waals surface area contributed by atoms with E-state index in [2.05, 4.69) is 16.7 Å². The third-order valence-electron chi connectivity index (χ3n) is 1.53. The quantitative estimate of drug-likeness (QED) is 0.308. The second-order valence-corrected chi connectivity index (χ2v) is 2.31. The molecule has 0 amide bonds. The van der Waals surface area contributed by atoms with Crippen molar-refractivity contribution in [1.29, 1.82) is 5.26 Å². The topological polar surface area (TPSA) is 99.9 Å². The van der Waals surface area contributed by atoms with Gasteiger partial charge in [0.25, 0.3) is 0 Å². The fourth-order valence-corrected chi connectivity index (χ4v) is 0.889. The van der Waals surface area contributed by atoms with Crippen LogP contribution in [0.25, 0.3) is 0 Å². The first-order valence-electron chi connectivity index (χ1n) is 3.14. The molecule has 0 aromatic carbocycles. The zero-order valence-corrected chi connectivity index (χ0v) is 5.54. The molecule has 6 N–H and O–H groups in total. The van der Waals surface area contributed by atoms with Gasteiger partial charge in [-0.3, -0.25) is 10.6 Å². The fraction of sp³-hybridized carbons (Fsp3) is 0.800. The Balaban J connectivity index is 2.45. The smallest absolute Gasteiger partial charge is 0.110 e. The lowest BCUT2D eigenvalue weighted by Gasteiger charge is -2.30. The zero-order valence-electron chi connectivity index (χ0n) is 5.54. The van der Waals surface area contributed by atoms with Gasteiger partial charge in [-0.1, -0.05) is 0 Å². The molecule has 1 heterocycles. The lowest BCUT2D eigenvalue weighted by atomic mass is 10.1. The van der Waals surface area contributed by atoms with Crippen molar-refractivity contribution >= 4 is 0 Å². The van der Waals surface area contributed by atoms with Crippen LogP contribution < -0.4 is 22.1 Å². The summed E-state index contributed by atoms with van der Waals surface area (Å²) < 4.78 is 0. The minimum Gasteiger partial charge on any atom is -0.315 e. The van der Waals surface area contributed by atoms with Gasteiger partial charge in [0.05, 0.1) is 18.2 Å². The third-order valence-corrected chi connectivity index (χ3v) is 1.53. The van der Waals surface area contributed by atoms with Crippen molar-refractivity contribution < 1.29 is 0 Å². The Morgan fingerprint density at radius 1 is 1.50 bits per heavy atom. The van der Waals surface area contributed by atoms with E-state index in [4.69, 9.17) is 16.7 Å². The average molecular weight is 141 g/mol. The highest BCUT2D eigenvalue weighted by Crippen LogP contribution is 1.99. The molecule has 0 bridgehead atoms. The Morgan fingerprint density at radius 3 is 2.70 bits per heavy atom. The maximum Gasteiger partial charge on any atom is 0.110 e. The van der Waals surface area contributed by atoms with E-state index in [1.165, 1.54) is 0 Å². The second-order valence-electron chi connectivity index (χ2n) is 2.31. The first-order valence-corrected chi connectivity index (χ1v) is 3.14. The van der Waals surface area contributed by atoms with E-state index < -0.39 is 0 Å².